The van der Waals surface area contributed by atoms with E-state index in [0.717, 1.165) is 6.42 Å². The van der Waals surface area contributed by atoms with Gasteiger partial charge < -0.3 is 10.1 Å². The first-order valence-corrected chi connectivity index (χ1v) is 4.12. The van der Waals surface area contributed by atoms with Crippen LogP contribution >= 0.6 is 0 Å². The fourth-order valence-electron chi connectivity index (χ4n) is 0.938. The average Bonchev–Trinajstić information content (AvgIpc) is 1.96. The Morgan fingerprint density at radius 1 is 1.83 bits per heavy atom. The molecule has 1 fully saturated rings. The lowest BCUT2D eigenvalue weighted by Crippen LogP contribution is -2.45. The van der Waals surface area contributed by atoms with Crippen molar-refractivity contribution >= 4 is 5.91 Å². The normalized spacial score (nSPS) is 19.0. The highest BCUT2D eigenvalue weighted by molar-refractivity contribution is 5.80. The van der Waals surface area contributed by atoms with Gasteiger partial charge in [-0.05, 0) is 6.42 Å². The van der Waals surface area contributed by atoms with Gasteiger partial charge in [0.15, 0.2) is 0 Å². The summed E-state index contributed by atoms with van der Waals surface area (Å²) in [4.78, 5) is 11.3. The van der Waals surface area contributed by atoms with E-state index in [4.69, 9.17) is 11.2 Å². The van der Waals surface area contributed by atoms with Crippen molar-refractivity contribution in [2.24, 2.45) is 5.92 Å². The topological polar surface area (TPSA) is 38.3 Å². The molecule has 1 aliphatic heterocycles. The van der Waals surface area contributed by atoms with Crippen LogP contribution < -0.4 is 5.32 Å². The minimum atomic E-state index is -0.127. The molecule has 1 unspecified atom stereocenters. The zero-order chi connectivity index (χ0) is 8.97. The van der Waals surface area contributed by atoms with E-state index < -0.39 is 0 Å². The first-order chi connectivity index (χ1) is 5.77. The summed E-state index contributed by atoms with van der Waals surface area (Å²) in [6.45, 7) is 3.02. The van der Waals surface area contributed by atoms with Gasteiger partial charge in [-0.2, -0.15) is 0 Å². The first-order valence-electron chi connectivity index (χ1n) is 4.12. The maximum atomic E-state index is 11.3. The van der Waals surface area contributed by atoms with Crippen LogP contribution in [0.3, 0.4) is 0 Å². The Labute approximate surface area is 72.5 Å². The number of carbonyl (C=O) groups is 1. The lowest BCUT2D eigenvalue weighted by molar-refractivity contribution is -0.139. The molecule has 3 nitrogen and oxygen atoms in total. The van der Waals surface area contributed by atoms with Gasteiger partial charge in [-0.15, -0.1) is 6.42 Å². The standard InChI is InChI=1S/C9H13NO2/c1-3-8(4-2)10-9(11)7-5-12-6-7/h1,7-8H,4-6H2,2H3,(H,10,11). The fraction of sp³-hybridized carbons (Fsp3) is 0.667. The second kappa shape index (κ2) is 4.13. The molecule has 0 radical (unpaired) electrons. The molecule has 12 heavy (non-hydrogen) atoms. The highest BCUT2D eigenvalue weighted by Crippen LogP contribution is 2.09. The van der Waals surface area contributed by atoms with Crippen LogP contribution in [0.5, 0.6) is 0 Å². The van der Waals surface area contributed by atoms with Gasteiger partial charge in [0.1, 0.15) is 0 Å². The summed E-state index contributed by atoms with van der Waals surface area (Å²) < 4.78 is 4.89. The summed E-state index contributed by atoms with van der Waals surface area (Å²) in [7, 11) is 0. The van der Waals surface area contributed by atoms with Gasteiger partial charge in [-0.3, -0.25) is 4.79 Å². The number of terminal acetylenes is 1. The first kappa shape index (κ1) is 9.08. The summed E-state index contributed by atoms with van der Waals surface area (Å²) in [5.41, 5.74) is 0. The Hall–Kier alpha value is -1.01. The number of rotatable bonds is 3. The van der Waals surface area contributed by atoms with E-state index in [0.29, 0.717) is 13.2 Å². The van der Waals surface area contributed by atoms with Gasteiger partial charge in [0.2, 0.25) is 5.91 Å². The predicted octanol–water partition coefficient (Wildman–Crippen LogP) is 0.161. The van der Waals surface area contributed by atoms with Gasteiger partial charge in [-0.25, -0.2) is 0 Å². The lowest BCUT2D eigenvalue weighted by atomic mass is 10.1. The van der Waals surface area contributed by atoms with E-state index in [1.165, 1.54) is 0 Å². The van der Waals surface area contributed by atoms with E-state index in [1.807, 2.05) is 6.92 Å². The Balaban J connectivity index is 2.29. The molecule has 0 aliphatic carbocycles. The summed E-state index contributed by atoms with van der Waals surface area (Å²) in [5, 5.41) is 2.76. The minimum Gasteiger partial charge on any atom is -0.380 e. The van der Waals surface area contributed by atoms with Crippen LogP contribution in [0, 0.1) is 18.3 Å². The van der Waals surface area contributed by atoms with Gasteiger partial charge >= 0.3 is 0 Å². The monoisotopic (exact) mass is 167 g/mol. The molecule has 1 rings (SSSR count). The van der Waals surface area contributed by atoms with Crippen molar-refractivity contribution in [3.05, 3.63) is 0 Å². The van der Waals surface area contributed by atoms with E-state index in [9.17, 15) is 4.79 Å². The molecule has 0 aromatic heterocycles. The summed E-state index contributed by atoms with van der Waals surface area (Å²) in [5.74, 6) is 2.55. The number of amides is 1. The largest absolute Gasteiger partial charge is 0.380 e. The van der Waals surface area contributed by atoms with Crippen molar-refractivity contribution in [1.29, 1.82) is 0 Å². The van der Waals surface area contributed by atoms with Crippen molar-refractivity contribution in [2.75, 3.05) is 13.2 Å². The quantitative estimate of drug-likeness (QED) is 0.608. The third-order valence-corrected chi connectivity index (χ3v) is 1.93. The van der Waals surface area contributed by atoms with Crippen molar-refractivity contribution in [3.8, 4) is 12.3 Å². The molecular formula is C9H13NO2. The number of hydrogen-bond acceptors (Lipinski definition) is 2. The molecule has 1 heterocycles. The molecule has 0 aromatic carbocycles. The van der Waals surface area contributed by atoms with Crippen LogP contribution in [0.15, 0.2) is 0 Å². The molecule has 0 saturated carbocycles. The van der Waals surface area contributed by atoms with Crippen LogP contribution in [0.4, 0.5) is 0 Å². The van der Waals surface area contributed by atoms with Crippen molar-refractivity contribution in [1.82, 2.24) is 5.32 Å². The molecule has 1 saturated heterocycles. The van der Waals surface area contributed by atoms with Crippen LogP contribution in [0.1, 0.15) is 13.3 Å². The third kappa shape index (κ3) is 1.99. The second-order valence-corrected chi connectivity index (χ2v) is 2.87. The molecule has 0 aromatic rings. The minimum absolute atomic E-state index is 0.0195. The molecule has 0 spiro atoms. The highest BCUT2D eigenvalue weighted by atomic mass is 16.5. The predicted molar refractivity (Wildman–Crippen MR) is 45.4 cm³/mol. The molecule has 3 heteroatoms. The van der Waals surface area contributed by atoms with Crippen LogP contribution in [-0.2, 0) is 9.53 Å². The summed E-state index contributed by atoms with van der Waals surface area (Å²) in [6, 6.07) is -0.127. The Morgan fingerprint density at radius 3 is 2.83 bits per heavy atom. The SMILES string of the molecule is C#CC(CC)NC(=O)C1COC1. The van der Waals surface area contributed by atoms with E-state index >= 15 is 0 Å². The molecule has 66 valence electrons. The van der Waals surface area contributed by atoms with Crippen LogP contribution in [0.25, 0.3) is 0 Å². The number of hydrogen-bond donors (Lipinski definition) is 1. The fourth-order valence-corrected chi connectivity index (χ4v) is 0.938. The van der Waals surface area contributed by atoms with Gasteiger partial charge in [0.05, 0.1) is 25.2 Å². The Morgan fingerprint density at radius 2 is 2.50 bits per heavy atom. The zero-order valence-corrected chi connectivity index (χ0v) is 7.17. The molecule has 1 N–H and O–H groups in total. The van der Waals surface area contributed by atoms with Crippen molar-refractivity contribution in [2.45, 2.75) is 19.4 Å². The van der Waals surface area contributed by atoms with Crippen molar-refractivity contribution in [3.63, 3.8) is 0 Å². The number of nitrogens with one attached hydrogen (secondary N) is 1. The smallest absolute Gasteiger partial charge is 0.228 e. The number of carbonyl (C=O) groups excluding carboxylic acids is 1. The zero-order valence-electron chi connectivity index (χ0n) is 7.17. The van der Waals surface area contributed by atoms with E-state index in [2.05, 4.69) is 11.2 Å². The summed E-state index contributed by atoms with van der Waals surface area (Å²) >= 11 is 0. The van der Waals surface area contributed by atoms with Gasteiger partial charge in [0.25, 0.3) is 0 Å². The molecule has 1 amide bonds. The maximum Gasteiger partial charge on any atom is 0.228 e. The third-order valence-electron chi connectivity index (χ3n) is 1.93. The molecule has 0 bridgehead atoms. The second-order valence-electron chi connectivity index (χ2n) is 2.87. The van der Waals surface area contributed by atoms with E-state index in [-0.39, 0.29) is 17.9 Å². The summed E-state index contributed by atoms with van der Waals surface area (Å²) in [6.07, 6.45) is 5.97. The Kier molecular flexibility index (Phi) is 3.12. The molecule has 1 atom stereocenters. The lowest BCUT2D eigenvalue weighted by Gasteiger charge is -2.25. The van der Waals surface area contributed by atoms with Crippen molar-refractivity contribution < 1.29 is 9.53 Å². The van der Waals surface area contributed by atoms with Crippen LogP contribution in [-0.4, -0.2) is 25.2 Å². The Bertz CT molecular complexity index is 203. The van der Waals surface area contributed by atoms with E-state index in [1.54, 1.807) is 0 Å². The maximum absolute atomic E-state index is 11.3. The highest BCUT2D eigenvalue weighted by Gasteiger charge is 2.27. The molecule has 1 aliphatic rings. The van der Waals surface area contributed by atoms with Crippen LogP contribution in [0.2, 0.25) is 0 Å². The van der Waals surface area contributed by atoms with Gasteiger partial charge in [-0.1, -0.05) is 12.8 Å². The van der Waals surface area contributed by atoms with Gasteiger partial charge in [0, 0.05) is 0 Å². The average molecular weight is 167 g/mol. The number of ether oxygens (including phenoxy) is 1. The molecular weight excluding hydrogens is 154 g/mol.